The van der Waals surface area contributed by atoms with E-state index < -0.39 is 0 Å². The van der Waals surface area contributed by atoms with Crippen molar-refractivity contribution in [3.63, 3.8) is 0 Å². The lowest BCUT2D eigenvalue weighted by molar-refractivity contribution is 0.102. The monoisotopic (exact) mass is 346 g/mol. The molecule has 24 heavy (non-hydrogen) atoms. The molecule has 0 bridgehead atoms. The van der Waals surface area contributed by atoms with Crippen LogP contribution in [0.4, 0.5) is 11.6 Å². The number of amides is 1. The first-order chi connectivity index (χ1) is 11.6. The third kappa shape index (κ3) is 3.38. The van der Waals surface area contributed by atoms with Crippen LogP contribution in [-0.2, 0) is 6.42 Å². The molecule has 0 radical (unpaired) electrons. The summed E-state index contributed by atoms with van der Waals surface area (Å²) in [5.74, 6) is 0.573. The van der Waals surface area contributed by atoms with E-state index in [9.17, 15) is 4.79 Å². The molecule has 1 N–H and O–H groups in total. The van der Waals surface area contributed by atoms with Crippen molar-refractivity contribution in [2.24, 2.45) is 0 Å². The summed E-state index contributed by atoms with van der Waals surface area (Å²) in [5, 5.41) is 7.00. The molecule has 0 saturated carbocycles. The number of carbonyl (C=O) groups excluding carboxylic acids is 1. The Morgan fingerprint density at radius 2 is 1.88 bits per heavy atom. The van der Waals surface area contributed by atoms with Gasteiger partial charge in [0.05, 0.1) is 22.8 Å². The molecule has 7 nitrogen and oxygen atoms in total. The van der Waals surface area contributed by atoms with Gasteiger partial charge < -0.3 is 10.2 Å². The highest BCUT2D eigenvalue weighted by Gasteiger charge is 2.21. The smallest absolute Gasteiger partial charge is 0.269 e. The molecule has 0 aromatic carbocycles. The minimum atomic E-state index is -0.183. The van der Waals surface area contributed by atoms with Crippen LogP contribution >= 0.6 is 11.5 Å². The molecule has 0 unspecified atom stereocenters. The number of rotatable bonds is 5. The second kappa shape index (κ2) is 7.21. The van der Waals surface area contributed by atoms with Crippen LogP contribution in [0.1, 0.15) is 52.9 Å². The summed E-state index contributed by atoms with van der Waals surface area (Å²) < 4.78 is 3.91. The molecular weight excluding hydrogens is 324 g/mol. The van der Waals surface area contributed by atoms with E-state index in [-0.39, 0.29) is 5.91 Å². The molecule has 2 aromatic heterocycles. The lowest BCUT2D eigenvalue weighted by atomic mass is 10.2. The van der Waals surface area contributed by atoms with Gasteiger partial charge in [-0.3, -0.25) is 4.79 Å². The molecule has 0 aliphatic carbocycles. The first-order valence-electron chi connectivity index (χ1n) is 8.33. The predicted molar refractivity (Wildman–Crippen MR) is 94.8 cm³/mol. The molecule has 128 valence electrons. The molecule has 8 heteroatoms. The zero-order valence-electron chi connectivity index (χ0n) is 14.3. The van der Waals surface area contributed by atoms with E-state index >= 15 is 0 Å². The van der Waals surface area contributed by atoms with Gasteiger partial charge in [-0.15, -0.1) is 5.10 Å². The SMILES string of the molecule is CCCc1nnsc1C(=O)Nc1c(C)nc(N2CCCC2)nc1C. The Hall–Kier alpha value is -2.09. The Morgan fingerprint density at radius 1 is 1.21 bits per heavy atom. The summed E-state index contributed by atoms with van der Waals surface area (Å²) in [5.41, 5.74) is 3.00. The topological polar surface area (TPSA) is 83.9 Å². The first-order valence-corrected chi connectivity index (χ1v) is 9.10. The molecule has 1 saturated heterocycles. The van der Waals surface area contributed by atoms with Crippen molar-refractivity contribution in [1.29, 1.82) is 0 Å². The molecule has 0 atom stereocenters. The average Bonchev–Trinajstić information content (AvgIpc) is 3.22. The van der Waals surface area contributed by atoms with Gasteiger partial charge in [0.2, 0.25) is 5.95 Å². The number of aryl methyl sites for hydroxylation is 3. The number of aromatic nitrogens is 4. The average molecular weight is 346 g/mol. The maximum Gasteiger partial charge on any atom is 0.269 e. The standard InChI is InChI=1S/C16H22N6OS/c1-4-7-12-14(24-21-20-12)15(23)19-13-10(2)17-16(18-11(13)3)22-8-5-6-9-22/h4-9H2,1-3H3,(H,19,23). The molecule has 2 aromatic rings. The van der Waals surface area contributed by atoms with Crippen molar-refractivity contribution in [2.45, 2.75) is 46.5 Å². The molecular formula is C16H22N6OS. The molecule has 1 aliphatic rings. The summed E-state index contributed by atoms with van der Waals surface area (Å²) >= 11 is 1.13. The minimum absolute atomic E-state index is 0.183. The third-order valence-electron chi connectivity index (χ3n) is 4.14. The Labute approximate surface area is 145 Å². The van der Waals surface area contributed by atoms with Gasteiger partial charge in [0, 0.05) is 13.1 Å². The Bertz CT molecular complexity index is 715. The third-order valence-corrected chi connectivity index (χ3v) is 4.90. The van der Waals surface area contributed by atoms with E-state index in [1.54, 1.807) is 0 Å². The van der Waals surface area contributed by atoms with E-state index in [1.807, 2.05) is 13.8 Å². The number of nitrogens with one attached hydrogen (secondary N) is 1. The van der Waals surface area contributed by atoms with Gasteiger partial charge in [0.1, 0.15) is 4.88 Å². The fourth-order valence-corrected chi connectivity index (χ4v) is 3.49. The van der Waals surface area contributed by atoms with E-state index in [1.165, 1.54) is 12.8 Å². The molecule has 1 fully saturated rings. The zero-order chi connectivity index (χ0) is 17.1. The van der Waals surface area contributed by atoms with E-state index in [4.69, 9.17) is 0 Å². The predicted octanol–water partition coefficient (Wildman–Crippen LogP) is 2.75. The Kier molecular flexibility index (Phi) is 5.03. The molecule has 1 aliphatic heterocycles. The van der Waals surface area contributed by atoms with E-state index in [2.05, 4.69) is 36.7 Å². The van der Waals surface area contributed by atoms with Crippen LogP contribution in [-0.4, -0.2) is 38.6 Å². The van der Waals surface area contributed by atoms with Gasteiger partial charge in [0.25, 0.3) is 5.91 Å². The van der Waals surface area contributed by atoms with Crippen molar-refractivity contribution in [2.75, 3.05) is 23.3 Å². The van der Waals surface area contributed by atoms with Gasteiger partial charge in [-0.2, -0.15) is 0 Å². The lowest BCUT2D eigenvalue weighted by Crippen LogP contribution is -2.22. The number of hydrogen-bond donors (Lipinski definition) is 1. The van der Waals surface area contributed by atoms with E-state index in [0.717, 1.165) is 60.5 Å². The van der Waals surface area contributed by atoms with Crippen LogP contribution in [0, 0.1) is 13.8 Å². The summed E-state index contributed by atoms with van der Waals surface area (Å²) in [7, 11) is 0. The summed E-state index contributed by atoms with van der Waals surface area (Å²) in [6.07, 6.45) is 4.04. The van der Waals surface area contributed by atoms with Crippen LogP contribution in [0.5, 0.6) is 0 Å². The highest BCUT2D eigenvalue weighted by atomic mass is 32.1. The van der Waals surface area contributed by atoms with Crippen molar-refractivity contribution in [3.8, 4) is 0 Å². The Balaban J connectivity index is 1.81. The first kappa shape index (κ1) is 16.8. The van der Waals surface area contributed by atoms with E-state index in [0.29, 0.717) is 10.6 Å². The van der Waals surface area contributed by atoms with Crippen LogP contribution < -0.4 is 10.2 Å². The fraction of sp³-hybridized carbons (Fsp3) is 0.562. The summed E-state index contributed by atoms with van der Waals surface area (Å²) in [6.45, 7) is 7.86. The second-order valence-corrected chi connectivity index (χ2v) is 6.77. The van der Waals surface area contributed by atoms with Gasteiger partial charge in [-0.1, -0.05) is 17.8 Å². The van der Waals surface area contributed by atoms with Crippen LogP contribution in [0.2, 0.25) is 0 Å². The largest absolute Gasteiger partial charge is 0.341 e. The van der Waals surface area contributed by atoms with Crippen molar-refractivity contribution < 1.29 is 4.79 Å². The number of hydrogen-bond acceptors (Lipinski definition) is 7. The minimum Gasteiger partial charge on any atom is -0.341 e. The summed E-state index contributed by atoms with van der Waals surface area (Å²) in [4.78, 5) is 24.5. The normalized spacial score (nSPS) is 14.2. The van der Waals surface area contributed by atoms with Crippen molar-refractivity contribution in [1.82, 2.24) is 19.6 Å². The number of anilines is 2. The van der Waals surface area contributed by atoms with Crippen molar-refractivity contribution in [3.05, 3.63) is 22.0 Å². The maximum atomic E-state index is 12.6. The molecule has 3 heterocycles. The number of carbonyl (C=O) groups is 1. The van der Waals surface area contributed by atoms with Gasteiger partial charge in [-0.05, 0) is 44.6 Å². The molecule has 0 spiro atoms. The van der Waals surface area contributed by atoms with Crippen LogP contribution in [0.3, 0.4) is 0 Å². The highest BCUT2D eigenvalue weighted by molar-refractivity contribution is 7.08. The van der Waals surface area contributed by atoms with Crippen LogP contribution in [0.15, 0.2) is 0 Å². The van der Waals surface area contributed by atoms with Gasteiger partial charge >= 0.3 is 0 Å². The maximum absolute atomic E-state index is 12.6. The highest BCUT2D eigenvalue weighted by Crippen LogP contribution is 2.24. The lowest BCUT2D eigenvalue weighted by Gasteiger charge is -2.18. The quantitative estimate of drug-likeness (QED) is 0.896. The number of nitrogens with zero attached hydrogens (tertiary/aromatic N) is 5. The summed E-state index contributed by atoms with van der Waals surface area (Å²) in [6, 6.07) is 0. The molecule has 3 rings (SSSR count). The van der Waals surface area contributed by atoms with Gasteiger partial charge in [-0.25, -0.2) is 9.97 Å². The van der Waals surface area contributed by atoms with Crippen molar-refractivity contribution >= 4 is 29.1 Å². The van der Waals surface area contributed by atoms with Gasteiger partial charge in [0.15, 0.2) is 0 Å². The zero-order valence-corrected chi connectivity index (χ0v) is 15.1. The molecule has 1 amide bonds. The fourth-order valence-electron chi connectivity index (χ4n) is 2.89. The Morgan fingerprint density at radius 3 is 2.50 bits per heavy atom. The second-order valence-electron chi connectivity index (χ2n) is 6.02. The van der Waals surface area contributed by atoms with Crippen LogP contribution in [0.25, 0.3) is 0 Å².